The molecule has 8 heavy (non-hydrogen) atoms. The van der Waals surface area contributed by atoms with Crippen molar-refractivity contribution in [3.05, 3.63) is 25.3 Å². The molecule has 0 heterocycles. The fraction of sp³-hybridized carbons (Fsp3) is 0.333. The summed E-state index contributed by atoms with van der Waals surface area (Å²) in [5.41, 5.74) is 0. The van der Waals surface area contributed by atoms with E-state index in [9.17, 15) is 0 Å². The van der Waals surface area contributed by atoms with Crippen LogP contribution in [0.5, 0.6) is 0 Å². The van der Waals surface area contributed by atoms with Gasteiger partial charge in [-0.05, 0) is 0 Å². The zero-order valence-electron chi connectivity index (χ0n) is 4.48. The molecule has 0 aromatic carbocycles. The van der Waals surface area contributed by atoms with Crippen LogP contribution in [-0.4, -0.2) is 42.6 Å². The van der Waals surface area contributed by atoms with E-state index in [2.05, 4.69) is 18.5 Å². The van der Waals surface area contributed by atoms with E-state index in [1.54, 1.807) is 0 Å². The molecule has 0 aromatic heterocycles. The molecular weight excluding hydrogens is 109 g/mol. The van der Waals surface area contributed by atoms with Gasteiger partial charge in [0, 0.05) is 13.1 Å². The van der Waals surface area contributed by atoms with Crippen molar-refractivity contribution in [2.24, 2.45) is 0 Å². The molecular formula is C6H12NNa. The van der Waals surface area contributed by atoms with Gasteiger partial charge in [-0.15, -0.1) is 13.2 Å². The molecule has 0 saturated carbocycles. The molecule has 0 aliphatic rings. The topological polar surface area (TPSA) is 12.0 Å². The maximum absolute atomic E-state index is 3.54. The molecule has 0 amide bonds. The van der Waals surface area contributed by atoms with Crippen molar-refractivity contribution in [2.45, 2.75) is 0 Å². The standard InChI is InChI=1S/C6H11N.Na.H/c1-3-5-7-6-4-2;;/h3-4,7H,1-2,5-6H2;;. The fourth-order valence-corrected chi connectivity index (χ4v) is 0.287. The zero-order valence-corrected chi connectivity index (χ0v) is 4.48. The van der Waals surface area contributed by atoms with Gasteiger partial charge in [-0.2, -0.15) is 0 Å². The number of hydrogen-bond acceptors (Lipinski definition) is 1. The molecule has 2 heteroatoms. The third kappa shape index (κ3) is 9.67. The summed E-state index contributed by atoms with van der Waals surface area (Å²) in [6, 6.07) is 0. The van der Waals surface area contributed by atoms with Gasteiger partial charge >= 0.3 is 29.6 Å². The third-order valence-corrected chi connectivity index (χ3v) is 0.577. The van der Waals surface area contributed by atoms with Crippen LogP contribution < -0.4 is 5.32 Å². The van der Waals surface area contributed by atoms with E-state index >= 15 is 0 Å². The summed E-state index contributed by atoms with van der Waals surface area (Å²) < 4.78 is 0. The van der Waals surface area contributed by atoms with E-state index in [1.165, 1.54) is 0 Å². The molecule has 0 atom stereocenters. The Bertz CT molecular complexity index is 53.5. The molecule has 0 unspecified atom stereocenters. The van der Waals surface area contributed by atoms with Crippen molar-refractivity contribution in [1.82, 2.24) is 5.32 Å². The maximum atomic E-state index is 3.54. The Morgan fingerprint density at radius 3 is 1.75 bits per heavy atom. The summed E-state index contributed by atoms with van der Waals surface area (Å²) in [6.07, 6.45) is 3.65. The Morgan fingerprint density at radius 2 is 1.50 bits per heavy atom. The second-order valence-electron chi connectivity index (χ2n) is 1.24. The summed E-state index contributed by atoms with van der Waals surface area (Å²) in [4.78, 5) is 0. The molecule has 1 N–H and O–H groups in total. The first kappa shape index (κ1) is 11.3. The first-order valence-electron chi connectivity index (χ1n) is 2.34. The summed E-state index contributed by atoms with van der Waals surface area (Å²) in [6.45, 7) is 8.81. The Balaban J connectivity index is 0. The van der Waals surface area contributed by atoms with Gasteiger partial charge in [0.05, 0.1) is 0 Å². The van der Waals surface area contributed by atoms with E-state index in [1.807, 2.05) is 12.2 Å². The molecule has 0 aromatic rings. The van der Waals surface area contributed by atoms with Crippen LogP contribution in [-0.2, 0) is 0 Å². The van der Waals surface area contributed by atoms with Gasteiger partial charge in [0.1, 0.15) is 0 Å². The van der Waals surface area contributed by atoms with E-state index in [4.69, 9.17) is 0 Å². The van der Waals surface area contributed by atoms with Gasteiger partial charge < -0.3 is 5.32 Å². The van der Waals surface area contributed by atoms with Crippen LogP contribution in [0.3, 0.4) is 0 Å². The van der Waals surface area contributed by atoms with Gasteiger partial charge in [-0.1, -0.05) is 12.2 Å². The van der Waals surface area contributed by atoms with Crippen LogP contribution in [0.1, 0.15) is 0 Å². The molecule has 42 valence electrons. The van der Waals surface area contributed by atoms with E-state index in [0.717, 1.165) is 13.1 Å². The van der Waals surface area contributed by atoms with Crippen LogP contribution in [0.15, 0.2) is 25.3 Å². The number of hydrogen-bond donors (Lipinski definition) is 1. The normalized spacial score (nSPS) is 7.00. The monoisotopic (exact) mass is 121 g/mol. The summed E-state index contributed by atoms with van der Waals surface area (Å²) in [7, 11) is 0. The van der Waals surface area contributed by atoms with Crippen LogP contribution in [0.25, 0.3) is 0 Å². The molecule has 0 fully saturated rings. The average Bonchev–Trinajstić information content (AvgIpc) is 1.69. The van der Waals surface area contributed by atoms with Crippen molar-refractivity contribution in [2.75, 3.05) is 13.1 Å². The zero-order chi connectivity index (χ0) is 5.54. The summed E-state index contributed by atoms with van der Waals surface area (Å²) in [5, 5.41) is 3.05. The van der Waals surface area contributed by atoms with E-state index in [-0.39, 0.29) is 29.6 Å². The van der Waals surface area contributed by atoms with Gasteiger partial charge in [-0.25, -0.2) is 0 Å². The average molecular weight is 121 g/mol. The van der Waals surface area contributed by atoms with Crippen molar-refractivity contribution >= 4 is 29.6 Å². The predicted molar refractivity (Wildman–Crippen MR) is 40.4 cm³/mol. The first-order valence-corrected chi connectivity index (χ1v) is 2.34. The first-order chi connectivity index (χ1) is 3.41. The predicted octanol–water partition coefficient (Wildman–Crippen LogP) is 0.299. The molecule has 0 saturated heterocycles. The molecule has 0 aliphatic heterocycles. The van der Waals surface area contributed by atoms with Crippen molar-refractivity contribution in [3.63, 3.8) is 0 Å². The Hall–Kier alpha value is 0.440. The van der Waals surface area contributed by atoms with Crippen LogP contribution in [0.4, 0.5) is 0 Å². The van der Waals surface area contributed by atoms with Gasteiger partial charge in [-0.3, -0.25) is 0 Å². The fourth-order valence-electron chi connectivity index (χ4n) is 0.287. The molecule has 1 nitrogen and oxygen atoms in total. The Morgan fingerprint density at radius 1 is 1.12 bits per heavy atom. The van der Waals surface area contributed by atoms with Crippen molar-refractivity contribution in [1.29, 1.82) is 0 Å². The van der Waals surface area contributed by atoms with E-state index < -0.39 is 0 Å². The molecule has 0 radical (unpaired) electrons. The Labute approximate surface area is 73.1 Å². The molecule has 0 rings (SSSR count). The molecule has 0 spiro atoms. The van der Waals surface area contributed by atoms with Crippen molar-refractivity contribution in [3.8, 4) is 0 Å². The van der Waals surface area contributed by atoms with Gasteiger partial charge in [0.2, 0.25) is 0 Å². The minimum atomic E-state index is 0. The summed E-state index contributed by atoms with van der Waals surface area (Å²) in [5.74, 6) is 0. The van der Waals surface area contributed by atoms with Gasteiger partial charge in [0.15, 0.2) is 0 Å². The second kappa shape index (κ2) is 10.4. The van der Waals surface area contributed by atoms with Gasteiger partial charge in [0.25, 0.3) is 0 Å². The quantitative estimate of drug-likeness (QED) is 0.320. The minimum absolute atomic E-state index is 0. The number of nitrogens with one attached hydrogen (secondary N) is 1. The van der Waals surface area contributed by atoms with Crippen LogP contribution in [0, 0.1) is 0 Å². The Kier molecular flexibility index (Phi) is 14.7. The number of rotatable bonds is 4. The van der Waals surface area contributed by atoms with E-state index in [0.29, 0.717) is 0 Å². The molecule has 0 aliphatic carbocycles. The van der Waals surface area contributed by atoms with Crippen LogP contribution in [0.2, 0.25) is 0 Å². The third-order valence-electron chi connectivity index (χ3n) is 0.577. The van der Waals surface area contributed by atoms with Crippen molar-refractivity contribution < 1.29 is 0 Å². The second-order valence-corrected chi connectivity index (χ2v) is 1.24. The SMILES string of the molecule is C=CCNCC=C.[NaH]. The summed E-state index contributed by atoms with van der Waals surface area (Å²) >= 11 is 0. The molecule has 0 bridgehead atoms. The van der Waals surface area contributed by atoms with Crippen LogP contribution >= 0.6 is 0 Å².